The molecule has 0 bridgehead atoms. The van der Waals surface area contributed by atoms with Crippen molar-refractivity contribution in [3.63, 3.8) is 0 Å². The van der Waals surface area contributed by atoms with Crippen LogP contribution in [-0.4, -0.2) is 85.0 Å². The Morgan fingerprint density at radius 3 is 2.40 bits per heavy atom. The van der Waals surface area contributed by atoms with Crippen LogP contribution < -0.4 is 15.5 Å². The van der Waals surface area contributed by atoms with E-state index in [1.54, 1.807) is 37.3 Å². The van der Waals surface area contributed by atoms with Crippen LogP contribution in [0.4, 0.5) is 10.5 Å². The summed E-state index contributed by atoms with van der Waals surface area (Å²) in [6.07, 6.45) is 0. The quantitative estimate of drug-likeness (QED) is 0.343. The first kappa shape index (κ1) is 21.2. The summed E-state index contributed by atoms with van der Waals surface area (Å²) in [6.45, 7) is 1.96. The molecule has 3 rings (SSSR count). The maximum absolute atomic E-state index is 13.1. The molecule has 11 nitrogen and oxygen atoms in total. The van der Waals surface area contributed by atoms with E-state index in [1.165, 1.54) is 12.0 Å². The fourth-order valence-corrected chi connectivity index (χ4v) is 3.23. The van der Waals surface area contributed by atoms with Gasteiger partial charge in [-0.3, -0.25) is 29.0 Å². The van der Waals surface area contributed by atoms with Gasteiger partial charge >= 0.3 is 17.8 Å². The molecule has 1 aromatic rings. The van der Waals surface area contributed by atoms with Gasteiger partial charge in [-0.05, 0) is 19.1 Å². The second kappa shape index (κ2) is 8.49. The van der Waals surface area contributed by atoms with Crippen LogP contribution in [0.1, 0.15) is 6.92 Å². The lowest BCUT2D eigenvalue weighted by Gasteiger charge is -2.40. The number of carbonyl (C=O) groups excluding carboxylic acids is 5. The molecule has 2 aliphatic rings. The minimum Gasteiger partial charge on any atom is -0.349 e. The van der Waals surface area contributed by atoms with Gasteiger partial charge in [0, 0.05) is 32.4 Å². The molecule has 2 aliphatic heterocycles. The first-order valence-electron chi connectivity index (χ1n) is 9.44. The van der Waals surface area contributed by atoms with Crippen LogP contribution in [0.15, 0.2) is 30.3 Å². The maximum Gasteiger partial charge on any atom is 0.332 e. The van der Waals surface area contributed by atoms with E-state index in [1.807, 2.05) is 0 Å². The first-order chi connectivity index (χ1) is 14.3. The van der Waals surface area contributed by atoms with Crippen molar-refractivity contribution in [3.8, 4) is 0 Å². The predicted octanol–water partition coefficient (Wildman–Crippen LogP) is -1.11. The number of piperazine rings is 1. The van der Waals surface area contributed by atoms with Gasteiger partial charge in [0.15, 0.2) is 0 Å². The number of β-lactam (4-membered cyclic amide) rings is 1. The van der Waals surface area contributed by atoms with E-state index in [-0.39, 0.29) is 19.6 Å². The van der Waals surface area contributed by atoms with Gasteiger partial charge in [-0.2, -0.15) is 0 Å². The molecule has 30 heavy (non-hydrogen) atoms. The van der Waals surface area contributed by atoms with Crippen LogP contribution in [0, 0.1) is 0 Å². The Balaban J connectivity index is 1.80. The standard InChI is InChI=1S/C19H23N5O6/c1-3-22-9-10-23(16(27)15(22)26)18(29)24(13-7-5-4-6-8-13)11-14(25)21-19(30-2)12-20-17(19)28/h4-8H,3,9-12H2,1-2H3,(H,20,28)(H,21,25). The molecule has 2 N–H and O–H groups in total. The second-order valence-corrected chi connectivity index (χ2v) is 6.81. The molecule has 1 unspecified atom stereocenters. The minimum absolute atomic E-state index is 0.0205. The van der Waals surface area contributed by atoms with Crippen molar-refractivity contribution in [2.45, 2.75) is 12.6 Å². The highest BCUT2D eigenvalue weighted by Crippen LogP contribution is 2.19. The average molecular weight is 417 g/mol. The van der Waals surface area contributed by atoms with Gasteiger partial charge in [0.05, 0.1) is 6.54 Å². The van der Waals surface area contributed by atoms with Crippen molar-refractivity contribution >= 4 is 35.3 Å². The van der Waals surface area contributed by atoms with Crippen molar-refractivity contribution in [1.29, 1.82) is 0 Å². The zero-order chi connectivity index (χ0) is 21.9. The van der Waals surface area contributed by atoms with Gasteiger partial charge in [-0.1, -0.05) is 18.2 Å². The molecule has 2 heterocycles. The lowest BCUT2D eigenvalue weighted by atomic mass is 10.1. The number of carbonyl (C=O) groups is 5. The SMILES string of the molecule is CCN1CCN(C(=O)N(CC(=O)NC2(OC)CNC2=O)c2ccccc2)C(=O)C1=O. The summed E-state index contributed by atoms with van der Waals surface area (Å²) in [5, 5.41) is 4.96. The number of ether oxygens (including phenoxy) is 1. The number of urea groups is 1. The third-order valence-electron chi connectivity index (χ3n) is 5.08. The van der Waals surface area contributed by atoms with Crippen LogP contribution in [0.2, 0.25) is 0 Å². The van der Waals surface area contributed by atoms with E-state index in [0.717, 1.165) is 9.80 Å². The molecule has 0 spiro atoms. The van der Waals surface area contributed by atoms with Crippen molar-refractivity contribution in [3.05, 3.63) is 30.3 Å². The van der Waals surface area contributed by atoms with Crippen molar-refractivity contribution in [2.75, 3.05) is 44.7 Å². The van der Waals surface area contributed by atoms with Gasteiger partial charge < -0.3 is 20.3 Å². The summed E-state index contributed by atoms with van der Waals surface area (Å²) in [5.41, 5.74) is -1.12. The highest BCUT2D eigenvalue weighted by Gasteiger charge is 2.48. The molecule has 0 aromatic heterocycles. The molecular formula is C19H23N5O6. The number of imide groups is 1. The number of hydrogen-bond acceptors (Lipinski definition) is 6. The fraction of sp³-hybridized carbons (Fsp3) is 0.421. The zero-order valence-corrected chi connectivity index (χ0v) is 16.7. The number of para-hydroxylation sites is 1. The number of nitrogens with zero attached hydrogens (tertiary/aromatic N) is 3. The normalized spacial score (nSPS) is 21.1. The third kappa shape index (κ3) is 3.83. The summed E-state index contributed by atoms with van der Waals surface area (Å²) in [5.74, 6) is -2.86. The summed E-state index contributed by atoms with van der Waals surface area (Å²) in [7, 11) is 1.29. The van der Waals surface area contributed by atoms with Crippen molar-refractivity contribution in [2.24, 2.45) is 0 Å². The molecule has 0 saturated carbocycles. The summed E-state index contributed by atoms with van der Waals surface area (Å²) in [4.78, 5) is 65.4. The number of benzene rings is 1. The van der Waals surface area contributed by atoms with E-state index < -0.39 is 41.9 Å². The second-order valence-electron chi connectivity index (χ2n) is 6.81. The van der Waals surface area contributed by atoms with Gasteiger partial charge in [0.1, 0.15) is 6.54 Å². The molecule has 1 atom stereocenters. The number of amides is 6. The monoisotopic (exact) mass is 417 g/mol. The third-order valence-corrected chi connectivity index (χ3v) is 5.08. The lowest BCUT2D eigenvalue weighted by molar-refractivity contribution is -0.166. The van der Waals surface area contributed by atoms with Crippen LogP contribution >= 0.6 is 0 Å². The number of methoxy groups -OCH3 is 1. The molecule has 0 aliphatic carbocycles. The van der Waals surface area contributed by atoms with E-state index >= 15 is 0 Å². The van der Waals surface area contributed by atoms with Crippen LogP contribution in [0.3, 0.4) is 0 Å². The fourth-order valence-electron chi connectivity index (χ4n) is 3.23. The Kier molecular flexibility index (Phi) is 6.01. The van der Waals surface area contributed by atoms with E-state index in [0.29, 0.717) is 12.2 Å². The van der Waals surface area contributed by atoms with Crippen LogP contribution in [0.25, 0.3) is 0 Å². The predicted molar refractivity (Wildman–Crippen MR) is 104 cm³/mol. The smallest absolute Gasteiger partial charge is 0.332 e. The molecule has 2 fully saturated rings. The summed E-state index contributed by atoms with van der Waals surface area (Å²) < 4.78 is 5.11. The summed E-state index contributed by atoms with van der Waals surface area (Å²) >= 11 is 0. The molecule has 0 radical (unpaired) electrons. The Labute approximate surface area is 172 Å². The molecular weight excluding hydrogens is 394 g/mol. The largest absolute Gasteiger partial charge is 0.349 e. The van der Waals surface area contributed by atoms with Crippen molar-refractivity contribution in [1.82, 2.24) is 20.4 Å². The molecule has 1 aromatic carbocycles. The number of anilines is 1. The molecule has 2 saturated heterocycles. The lowest BCUT2D eigenvalue weighted by Crippen LogP contribution is -2.74. The van der Waals surface area contributed by atoms with Gasteiger partial charge in [0.2, 0.25) is 11.6 Å². The van der Waals surface area contributed by atoms with Crippen LogP contribution in [0.5, 0.6) is 0 Å². The number of nitrogens with one attached hydrogen (secondary N) is 2. The minimum atomic E-state index is -1.49. The summed E-state index contributed by atoms with van der Waals surface area (Å²) in [6, 6.07) is 7.48. The van der Waals surface area contributed by atoms with Crippen molar-refractivity contribution < 1.29 is 28.7 Å². The number of rotatable bonds is 6. The van der Waals surface area contributed by atoms with E-state index in [9.17, 15) is 24.0 Å². The Hall–Kier alpha value is -3.47. The first-order valence-corrected chi connectivity index (χ1v) is 9.44. The molecule has 6 amide bonds. The highest BCUT2D eigenvalue weighted by molar-refractivity contribution is 6.38. The topological polar surface area (TPSA) is 128 Å². The van der Waals surface area contributed by atoms with Crippen LogP contribution in [-0.2, 0) is 23.9 Å². The van der Waals surface area contributed by atoms with Gasteiger partial charge in [0.25, 0.3) is 5.91 Å². The Bertz CT molecular complexity index is 871. The molecule has 11 heteroatoms. The van der Waals surface area contributed by atoms with Gasteiger partial charge in [-0.25, -0.2) is 4.79 Å². The maximum atomic E-state index is 13.1. The average Bonchev–Trinajstić information content (AvgIpc) is 2.76. The number of hydrogen-bond donors (Lipinski definition) is 2. The Morgan fingerprint density at radius 1 is 1.17 bits per heavy atom. The van der Waals surface area contributed by atoms with E-state index in [4.69, 9.17) is 4.74 Å². The Morgan fingerprint density at radius 2 is 1.87 bits per heavy atom. The molecule has 160 valence electrons. The van der Waals surface area contributed by atoms with E-state index in [2.05, 4.69) is 10.6 Å². The number of likely N-dealkylation sites (N-methyl/N-ethyl adjacent to an activating group) is 1. The zero-order valence-electron chi connectivity index (χ0n) is 16.7. The highest BCUT2D eigenvalue weighted by atomic mass is 16.5. The van der Waals surface area contributed by atoms with Gasteiger partial charge in [-0.15, -0.1) is 0 Å².